The average molecular weight is 453 g/mol. The number of halogens is 1. The highest BCUT2D eigenvalue weighted by molar-refractivity contribution is 6.43. The molecule has 0 saturated carbocycles. The molecule has 2 aromatic heterocycles. The van der Waals surface area contributed by atoms with Gasteiger partial charge in [0.25, 0.3) is 17.6 Å². The van der Waals surface area contributed by atoms with Gasteiger partial charge in [-0.2, -0.15) is 0 Å². The fourth-order valence-electron chi connectivity index (χ4n) is 4.04. The average Bonchev–Trinajstić information content (AvgIpc) is 3.34. The second-order valence-corrected chi connectivity index (χ2v) is 8.21. The summed E-state index contributed by atoms with van der Waals surface area (Å²) in [6.07, 6.45) is 3.19. The molecule has 0 radical (unpaired) electrons. The van der Waals surface area contributed by atoms with E-state index in [1.54, 1.807) is 44.8 Å². The van der Waals surface area contributed by atoms with Crippen LogP contribution in [0.15, 0.2) is 30.6 Å². The number of nitrogens with one attached hydrogen (secondary N) is 3. The van der Waals surface area contributed by atoms with Crippen LogP contribution < -0.4 is 10.6 Å². The number of Topliss-reactive ketones (excluding diaryl/α,β-unsaturated/α-hetero) is 1. The van der Waals surface area contributed by atoms with Crippen molar-refractivity contribution >= 4 is 23.3 Å². The van der Waals surface area contributed by atoms with Crippen molar-refractivity contribution < 1.29 is 23.5 Å². The van der Waals surface area contributed by atoms with Crippen molar-refractivity contribution in [1.29, 1.82) is 0 Å². The lowest BCUT2D eigenvalue weighted by Gasteiger charge is -2.40. The first-order chi connectivity index (χ1) is 15.6. The molecular weight excluding hydrogens is 429 g/mol. The number of carbonyl (C=O) groups excluding carboxylic acids is 3. The third-order valence-corrected chi connectivity index (χ3v) is 6.00. The second-order valence-electron chi connectivity index (χ2n) is 8.21. The normalized spacial score (nSPS) is 14.5. The summed E-state index contributed by atoms with van der Waals surface area (Å²) in [6.45, 7) is 5.27. The summed E-state index contributed by atoms with van der Waals surface area (Å²) < 4.78 is 20.4. The molecule has 1 fully saturated rings. The molecule has 3 heterocycles. The number of H-pyrrole nitrogens is 1. The number of hydrogen-bond acceptors (Lipinski definition) is 5. The Morgan fingerprint density at radius 1 is 1.21 bits per heavy atom. The molecule has 10 heteroatoms. The molecule has 4 rings (SSSR count). The minimum atomic E-state index is -0.895. The molecular formula is C23H24FN5O4. The summed E-state index contributed by atoms with van der Waals surface area (Å²) >= 11 is 0. The quantitative estimate of drug-likeness (QED) is 0.391. The molecule has 33 heavy (non-hydrogen) atoms. The monoisotopic (exact) mass is 453 g/mol. The van der Waals surface area contributed by atoms with Crippen LogP contribution in [0.3, 0.4) is 0 Å². The minimum absolute atomic E-state index is 0.158. The summed E-state index contributed by atoms with van der Waals surface area (Å²) in [5.74, 6) is -1.90. The van der Waals surface area contributed by atoms with E-state index in [4.69, 9.17) is 4.74 Å². The summed E-state index contributed by atoms with van der Waals surface area (Å²) in [4.78, 5) is 46.1. The molecule has 1 aromatic carbocycles. The lowest BCUT2D eigenvalue weighted by atomic mass is 9.95. The number of anilines is 1. The van der Waals surface area contributed by atoms with Gasteiger partial charge in [0.2, 0.25) is 0 Å². The molecule has 1 saturated heterocycles. The molecule has 172 valence electrons. The van der Waals surface area contributed by atoms with Crippen LogP contribution >= 0.6 is 0 Å². The summed E-state index contributed by atoms with van der Waals surface area (Å²) in [6, 6.07) is 4.25. The summed E-state index contributed by atoms with van der Waals surface area (Å²) in [5, 5.41) is 5.47. The zero-order valence-electron chi connectivity index (χ0n) is 18.7. The zero-order valence-corrected chi connectivity index (χ0v) is 18.7. The van der Waals surface area contributed by atoms with Crippen molar-refractivity contribution in [2.45, 2.75) is 26.3 Å². The van der Waals surface area contributed by atoms with E-state index in [2.05, 4.69) is 20.6 Å². The number of carbonyl (C=O) groups is 3. The Kier molecular flexibility index (Phi) is 5.62. The number of benzene rings is 1. The molecule has 3 aromatic rings. The maximum Gasteiger partial charge on any atom is 0.293 e. The minimum Gasteiger partial charge on any atom is -0.375 e. The first-order valence-corrected chi connectivity index (χ1v) is 10.3. The van der Waals surface area contributed by atoms with Crippen LogP contribution in [0.1, 0.15) is 43.5 Å². The van der Waals surface area contributed by atoms with Gasteiger partial charge in [0.1, 0.15) is 22.9 Å². The Morgan fingerprint density at radius 3 is 2.52 bits per heavy atom. The van der Waals surface area contributed by atoms with E-state index in [1.165, 1.54) is 18.2 Å². The highest BCUT2D eigenvalue weighted by Crippen LogP contribution is 2.28. The number of aromatic amines is 1. The summed E-state index contributed by atoms with van der Waals surface area (Å²) in [5.41, 5.74) is 1.17. The molecule has 0 atom stereocenters. The Hall–Kier alpha value is -3.79. The number of ketones is 1. The van der Waals surface area contributed by atoms with Crippen LogP contribution in [0.2, 0.25) is 0 Å². The Bertz CT molecular complexity index is 1260. The first kappa shape index (κ1) is 22.4. The van der Waals surface area contributed by atoms with Gasteiger partial charge in [-0.15, -0.1) is 0 Å². The van der Waals surface area contributed by atoms with Crippen molar-refractivity contribution in [2.24, 2.45) is 7.05 Å². The van der Waals surface area contributed by atoms with Gasteiger partial charge in [-0.1, -0.05) is 0 Å². The SMILES string of the molecule is Cc1cc(NC(=O)c2c(C)c(C(=O)C(=O)NC3(c4ncc[nH]4)COC3)c(C)n2C)ccc1F. The largest absolute Gasteiger partial charge is 0.375 e. The van der Waals surface area contributed by atoms with E-state index in [1.807, 2.05) is 0 Å². The second kappa shape index (κ2) is 8.28. The molecule has 1 aliphatic heterocycles. The number of imidazole rings is 1. The third-order valence-electron chi connectivity index (χ3n) is 6.00. The standard InChI is InChI=1S/C23H24FN5O4/c1-12-9-15(5-6-16(12)24)27-20(31)18-13(2)17(14(3)29(18)4)19(30)21(32)28-23(10-33-11-23)22-25-7-8-26-22/h5-9H,10-11H2,1-4H3,(H,25,26)(H,27,31)(H,28,32). The molecule has 0 unspecified atom stereocenters. The van der Waals surface area contributed by atoms with Gasteiger partial charge in [0, 0.05) is 30.8 Å². The number of aryl methyl sites for hydroxylation is 1. The van der Waals surface area contributed by atoms with Crippen molar-refractivity contribution in [3.8, 4) is 0 Å². The van der Waals surface area contributed by atoms with E-state index < -0.39 is 23.1 Å². The van der Waals surface area contributed by atoms with Gasteiger partial charge in [0.05, 0.1) is 18.8 Å². The Labute approximate surface area is 189 Å². The first-order valence-electron chi connectivity index (χ1n) is 10.3. The van der Waals surface area contributed by atoms with E-state index in [0.29, 0.717) is 28.3 Å². The molecule has 0 aliphatic carbocycles. The van der Waals surface area contributed by atoms with E-state index in [-0.39, 0.29) is 30.3 Å². The van der Waals surface area contributed by atoms with Crippen molar-refractivity contribution in [2.75, 3.05) is 18.5 Å². The third kappa shape index (κ3) is 3.82. The maximum atomic E-state index is 13.5. The van der Waals surface area contributed by atoms with Crippen molar-refractivity contribution in [3.63, 3.8) is 0 Å². The van der Waals surface area contributed by atoms with Gasteiger partial charge >= 0.3 is 0 Å². The maximum absolute atomic E-state index is 13.5. The number of hydrogen-bond donors (Lipinski definition) is 3. The zero-order chi connectivity index (χ0) is 23.9. The smallest absolute Gasteiger partial charge is 0.293 e. The van der Waals surface area contributed by atoms with E-state index >= 15 is 0 Å². The van der Waals surface area contributed by atoms with Crippen molar-refractivity contribution in [3.05, 3.63) is 70.3 Å². The fourth-order valence-corrected chi connectivity index (χ4v) is 4.04. The van der Waals surface area contributed by atoms with E-state index in [0.717, 1.165) is 0 Å². The van der Waals surface area contributed by atoms with E-state index in [9.17, 15) is 18.8 Å². The lowest BCUT2D eigenvalue weighted by Crippen LogP contribution is -2.61. The molecule has 9 nitrogen and oxygen atoms in total. The topological polar surface area (TPSA) is 118 Å². The van der Waals surface area contributed by atoms with Gasteiger partial charge < -0.3 is 24.9 Å². The lowest BCUT2D eigenvalue weighted by molar-refractivity contribution is -0.130. The van der Waals surface area contributed by atoms with Gasteiger partial charge in [0.15, 0.2) is 0 Å². The molecule has 3 N–H and O–H groups in total. The predicted octanol–water partition coefficient (Wildman–Crippen LogP) is 2.29. The van der Waals surface area contributed by atoms with Crippen LogP contribution in [0.25, 0.3) is 0 Å². The predicted molar refractivity (Wildman–Crippen MR) is 118 cm³/mol. The highest BCUT2D eigenvalue weighted by atomic mass is 19.1. The van der Waals surface area contributed by atoms with Crippen LogP contribution in [0.5, 0.6) is 0 Å². The van der Waals surface area contributed by atoms with Crippen LogP contribution in [-0.4, -0.2) is 45.3 Å². The molecule has 1 aliphatic rings. The van der Waals surface area contributed by atoms with Gasteiger partial charge in [-0.25, -0.2) is 9.37 Å². The number of aromatic nitrogens is 3. The number of nitrogens with zero attached hydrogens (tertiary/aromatic N) is 2. The highest BCUT2D eigenvalue weighted by Gasteiger charge is 2.45. The fraction of sp³-hybridized carbons (Fsp3) is 0.304. The van der Waals surface area contributed by atoms with Gasteiger partial charge in [-0.3, -0.25) is 14.4 Å². The number of ether oxygens (including phenoxy) is 1. The molecule has 0 spiro atoms. The number of rotatable bonds is 6. The van der Waals surface area contributed by atoms with Crippen molar-refractivity contribution in [1.82, 2.24) is 19.9 Å². The molecule has 2 amide bonds. The molecule has 0 bridgehead atoms. The van der Waals surface area contributed by atoms with Crippen LogP contribution in [0, 0.1) is 26.6 Å². The summed E-state index contributed by atoms with van der Waals surface area (Å²) in [7, 11) is 1.64. The van der Waals surface area contributed by atoms with Crippen LogP contribution in [-0.2, 0) is 22.1 Å². The number of amides is 2. The Balaban J connectivity index is 1.59. The van der Waals surface area contributed by atoms with Crippen LogP contribution in [0.4, 0.5) is 10.1 Å². The Morgan fingerprint density at radius 2 is 1.94 bits per heavy atom. The van der Waals surface area contributed by atoms with Gasteiger partial charge in [-0.05, 0) is 50.1 Å².